The molecule has 0 heterocycles. The molecule has 74 valence electrons. The molecule has 0 aliphatic heterocycles. The Bertz CT molecular complexity index is 543. The molecular weight excluding hydrogens is 204 g/mol. The van der Waals surface area contributed by atoms with Crippen molar-refractivity contribution in [2.45, 2.75) is 0 Å². The van der Waals surface area contributed by atoms with Crippen LogP contribution < -0.4 is 0 Å². The van der Waals surface area contributed by atoms with Gasteiger partial charge in [0.1, 0.15) is 0 Å². The van der Waals surface area contributed by atoms with E-state index in [1.807, 2.05) is 42.5 Å². The normalized spacial score (nSPS) is 10.1. The van der Waals surface area contributed by atoms with E-state index in [1.54, 1.807) is 0 Å². The average molecular weight is 214 g/mol. The number of hydrogen-bond acceptors (Lipinski definition) is 1. The summed E-state index contributed by atoms with van der Waals surface area (Å²) in [5, 5.41) is 11.3. The standard InChI is InChI=1S/C13H10OS/c1-9(13(14)15)11-7-6-10-4-2-3-5-12(10)8-11/h2-8H,1H2,(H,14,15). The van der Waals surface area contributed by atoms with Gasteiger partial charge in [0.05, 0.1) is 0 Å². The first-order valence-electron chi connectivity index (χ1n) is 4.60. The lowest BCUT2D eigenvalue weighted by Gasteiger charge is -2.04. The van der Waals surface area contributed by atoms with Gasteiger partial charge in [-0.05, 0) is 34.6 Å². The highest BCUT2D eigenvalue weighted by Gasteiger charge is 2.03. The summed E-state index contributed by atoms with van der Waals surface area (Å²) in [6, 6.07) is 13.9. The number of aliphatic hydroxyl groups excluding tert-OH is 1. The van der Waals surface area contributed by atoms with Gasteiger partial charge >= 0.3 is 0 Å². The Hall–Kier alpha value is -1.67. The number of thiocarbonyl (C=S) groups is 1. The third-order valence-electron chi connectivity index (χ3n) is 2.36. The van der Waals surface area contributed by atoms with Crippen LogP contribution in [0.15, 0.2) is 49.0 Å². The predicted octanol–water partition coefficient (Wildman–Crippen LogP) is 3.74. The smallest absolute Gasteiger partial charge is 0.188 e. The highest BCUT2D eigenvalue weighted by molar-refractivity contribution is 7.81. The van der Waals surface area contributed by atoms with Crippen LogP contribution in [-0.4, -0.2) is 10.2 Å². The summed E-state index contributed by atoms with van der Waals surface area (Å²) >= 11 is 4.68. The van der Waals surface area contributed by atoms with E-state index in [-0.39, 0.29) is 5.05 Å². The van der Waals surface area contributed by atoms with E-state index in [0.717, 1.165) is 16.3 Å². The van der Waals surface area contributed by atoms with Crippen molar-refractivity contribution >= 4 is 33.6 Å². The predicted molar refractivity (Wildman–Crippen MR) is 68.2 cm³/mol. The molecule has 0 aliphatic rings. The third kappa shape index (κ3) is 1.90. The largest absolute Gasteiger partial charge is 0.499 e. The SMILES string of the molecule is C=C(C(O)=S)c1ccc2ccccc2c1. The van der Waals surface area contributed by atoms with Crippen molar-refractivity contribution in [3.05, 3.63) is 54.6 Å². The zero-order valence-corrected chi connectivity index (χ0v) is 8.92. The molecule has 2 aromatic carbocycles. The van der Waals surface area contributed by atoms with Crippen molar-refractivity contribution in [3.8, 4) is 0 Å². The summed E-state index contributed by atoms with van der Waals surface area (Å²) in [6.07, 6.45) is 0. The lowest BCUT2D eigenvalue weighted by atomic mass is 10.0. The minimum absolute atomic E-state index is 0.148. The molecule has 0 atom stereocenters. The minimum atomic E-state index is -0.148. The van der Waals surface area contributed by atoms with Gasteiger partial charge in [0.15, 0.2) is 5.05 Å². The van der Waals surface area contributed by atoms with Gasteiger partial charge in [0, 0.05) is 5.57 Å². The van der Waals surface area contributed by atoms with Crippen LogP contribution in [0, 0.1) is 0 Å². The van der Waals surface area contributed by atoms with Crippen molar-refractivity contribution in [1.29, 1.82) is 0 Å². The zero-order valence-electron chi connectivity index (χ0n) is 8.10. The quantitative estimate of drug-likeness (QED) is 0.607. The molecule has 0 saturated carbocycles. The highest BCUT2D eigenvalue weighted by Crippen LogP contribution is 2.20. The van der Waals surface area contributed by atoms with Crippen molar-refractivity contribution in [2.24, 2.45) is 0 Å². The summed E-state index contributed by atoms with van der Waals surface area (Å²) in [4.78, 5) is 0. The third-order valence-corrected chi connectivity index (χ3v) is 2.60. The number of fused-ring (bicyclic) bond motifs is 1. The topological polar surface area (TPSA) is 20.2 Å². The molecule has 0 amide bonds. The Morgan fingerprint density at radius 3 is 2.40 bits per heavy atom. The first-order chi connectivity index (χ1) is 7.18. The maximum atomic E-state index is 9.18. The first kappa shape index (κ1) is 9.87. The fourth-order valence-corrected chi connectivity index (χ4v) is 1.62. The molecule has 15 heavy (non-hydrogen) atoms. The van der Waals surface area contributed by atoms with Gasteiger partial charge in [-0.2, -0.15) is 0 Å². The van der Waals surface area contributed by atoms with Crippen LogP contribution in [0.1, 0.15) is 5.56 Å². The zero-order chi connectivity index (χ0) is 10.8. The Kier molecular flexibility index (Phi) is 2.52. The van der Waals surface area contributed by atoms with Gasteiger partial charge in [0.25, 0.3) is 0 Å². The van der Waals surface area contributed by atoms with Gasteiger partial charge in [-0.15, -0.1) is 0 Å². The Balaban J connectivity index is 2.56. The van der Waals surface area contributed by atoms with Crippen molar-refractivity contribution in [2.75, 3.05) is 0 Å². The van der Waals surface area contributed by atoms with E-state index < -0.39 is 0 Å². The first-order valence-corrected chi connectivity index (χ1v) is 5.00. The lowest BCUT2D eigenvalue weighted by molar-refractivity contribution is 0.576. The van der Waals surface area contributed by atoms with Crippen LogP contribution in [0.2, 0.25) is 0 Å². The van der Waals surface area contributed by atoms with Gasteiger partial charge in [-0.3, -0.25) is 0 Å². The van der Waals surface area contributed by atoms with E-state index in [2.05, 4.69) is 18.8 Å². The highest BCUT2D eigenvalue weighted by atomic mass is 32.1. The Morgan fingerprint density at radius 1 is 1.07 bits per heavy atom. The van der Waals surface area contributed by atoms with E-state index >= 15 is 0 Å². The molecule has 0 bridgehead atoms. The van der Waals surface area contributed by atoms with Gasteiger partial charge in [-0.25, -0.2) is 0 Å². The van der Waals surface area contributed by atoms with Crippen LogP contribution in [0.3, 0.4) is 0 Å². The molecule has 0 aromatic heterocycles. The van der Waals surface area contributed by atoms with Gasteiger partial charge in [0.2, 0.25) is 0 Å². The van der Waals surface area contributed by atoms with Crippen LogP contribution in [0.5, 0.6) is 0 Å². The Morgan fingerprint density at radius 2 is 1.73 bits per heavy atom. The number of aliphatic hydroxyl groups is 1. The Labute approximate surface area is 93.7 Å². The van der Waals surface area contributed by atoms with Crippen LogP contribution in [0.4, 0.5) is 0 Å². The molecule has 0 saturated heterocycles. The van der Waals surface area contributed by atoms with Crippen LogP contribution in [0.25, 0.3) is 16.3 Å². The maximum absolute atomic E-state index is 9.18. The fraction of sp³-hybridized carbons (Fsp3) is 0. The van der Waals surface area contributed by atoms with Crippen molar-refractivity contribution in [1.82, 2.24) is 0 Å². The molecule has 0 aliphatic carbocycles. The molecule has 0 spiro atoms. The molecule has 0 unspecified atom stereocenters. The second-order valence-electron chi connectivity index (χ2n) is 3.35. The monoisotopic (exact) mass is 214 g/mol. The average Bonchev–Trinajstić information content (AvgIpc) is 2.27. The number of benzene rings is 2. The van der Waals surface area contributed by atoms with E-state index in [4.69, 9.17) is 0 Å². The number of hydrogen-bond donors (Lipinski definition) is 1. The second kappa shape index (κ2) is 3.83. The van der Waals surface area contributed by atoms with Crippen molar-refractivity contribution in [3.63, 3.8) is 0 Å². The summed E-state index contributed by atoms with van der Waals surface area (Å²) in [6.45, 7) is 3.74. The van der Waals surface area contributed by atoms with Crippen molar-refractivity contribution < 1.29 is 5.11 Å². The van der Waals surface area contributed by atoms with Crippen LogP contribution in [-0.2, 0) is 0 Å². The van der Waals surface area contributed by atoms with E-state index in [9.17, 15) is 5.11 Å². The minimum Gasteiger partial charge on any atom is -0.499 e. The summed E-state index contributed by atoms with van der Waals surface area (Å²) < 4.78 is 0. The fourth-order valence-electron chi connectivity index (χ4n) is 1.50. The molecule has 1 nitrogen and oxygen atoms in total. The maximum Gasteiger partial charge on any atom is 0.188 e. The number of rotatable bonds is 2. The summed E-state index contributed by atoms with van der Waals surface area (Å²) in [7, 11) is 0. The second-order valence-corrected chi connectivity index (χ2v) is 3.73. The lowest BCUT2D eigenvalue weighted by Crippen LogP contribution is -1.94. The summed E-state index contributed by atoms with van der Waals surface area (Å²) in [5.41, 5.74) is 1.36. The molecule has 0 radical (unpaired) electrons. The van der Waals surface area contributed by atoms with Crippen LogP contribution >= 0.6 is 12.2 Å². The molecule has 2 heteroatoms. The van der Waals surface area contributed by atoms with Gasteiger partial charge < -0.3 is 5.11 Å². The molecule has 2 aromatic rings. The summed E-state index contributed by atoms with van der Waals surface area (Å²) in [5.74, 6) is 0. The molecule has 0 fully saturated rings. The molecule has 2 rings (SSSR count). The molecule has 1 N–H and O–H groups in total. The molecular formula is C13H10OS. The van der Waals surface area contributed by atoms with E-state index in [1.165, 1.54) is 0 Å². The van der Waals surface area contributed by atoms with Gasteiger partial charge in [-0.1, -0.05) is 43.0 Å². The van der Waals surface area contributed by atoms with E-state index in [0.29, 0.717) is 5.57 Å².